The molecule has 30 heavy (non-hydrogen) atoms. The fourth-order valence-electron chi connectivity index (χ4n) is 3.08. The van der Waals surface area contributed by atoms with Crippen LogP contribution in [0.3, 0.4) is 0 Å². The summed E-state index contributed by atoms with van der Waals surface area (Å²) < 4.78 is 12.2. The molecular formula is C22H19ClN2O4S. The highest BCUT2D eigenvalue weighted by molar-refractivity contribution is 7.17. The molecule has 0 amide bonds. The molecule has 0 aliphatic carbocycles. The van der Waals surface area contributed by atoms with Crippen molar-refractivity contribution in [3.05, 3.63) is 75.6 Å². The third-order valence-corrected chi connectivity index (χ3v) is 5.76. The molecule has 6 nitrogen and oxygen atoms in total. The van der Waals surface area contributed by atoms with Crippen molar-refractivity contribution in [3.8, 4) is 22.6 Å². The van der Waals surface area contributed by atoms with E-state index in [-0.39, 0.29) is 18.7 Å². The number of halogens is 1. The van der Waals surface area contributed by atoms with Crippen LogP contribution in [0.15, 0.2) is 65.0 Å². The highest BCUT2D eigenvalue weighted by Gasteiger charge is 2.15. The van der Waals surface area contributed by atoms with Gasteiger partial charge in [-0.1, -0.05) is 23.7 Å². The maximum Gasteiger partial charge on any atom is 0.262 e. The molecule has 4 rings (SSSR count). The maximum absolute atomic E-state index is 13.1. The Morgan fingerprint density at radius 1 is 1.13 bits per heavy atom. The number of aliphatic hydroxyl groups is 1. The number of methoxy groups -OCH3 is 1. The molecule has 2 aromatic carbocycles. The van der Waals surface area contributed by atoms with Crippen molar-refractivity contribution in [3.63, 3.8) is 0 Å². The van der Waals surface area contributed by atoms with Gasteiger partial charge in [0.25, 0.3) is 5.56 Å². The lowest BCUT2D eigenvalue weighted by Crippen LogP contribution is -2.30. The van der Waals surface area contributed by atoms with Gasteiger partial charge in [0.05, 0.1) is 25.4 Å². The standard InChI is InChI=1S/C22H19ClN2O4S/c1-28-17-6-2-14(3-7-17)19-12-30-21-20(19)22(27)25(13-24-21)10-16(26)11-29-18-8-4-15(23)5-9-18/h2-9,12-13,16,26H,10-11H2,1H3/t16-/m0/s1. The smallest absolute Gasteiger partial charge is 0.262 e. The van der Waals surface area contributed by atoms with Crippen LogP contribution in [0.2, 0.25) is 5.02 Å². The highest BCUT2D eigenvalue weighted by atomic mass is 35.5. The van der Waals surface area contributed by atoms with Gasteiger partial charge in [0.15, 0.2) is 0 Å². The van der Waals surface area contributed by atoms with Crippen LogP contribution in [-0.4, -0.2) is 34.5 Å². The molecule has 154 valence electrons. The molecule has 0 unspecified atom stereocenters. The SMILES string of the molecule is COc1ccc(-c2csc3ncn(C[C@H](O)COc4ccc(Cl)cc4)c(=O)c23)cc1. The van der Waals surface area contributed by atoms with Crippen LogP contribution >= 0.6 is 22.9 Å². The third-order valence-electron chi connectivity index (χ3n) is 4.63. The van der Waals surface area contributed by atoms with E-state index < -0.39 is 6.10 Å². The summed E-state index contributed by atoms with van der Waals surface area (Å²) in [6, 6.07) is 14.4. The van der Waals surface area contributed by atoms with Crippen molar-refractivity contribution in [2.75, 3.05) is 13.7 Å². The third kappa shape index (κ3) is 4.33. The predicted molar refractivity (Wildman–Crippen MR) is 119 cm³/mol. The van der Waals surface area contributed by atoms with E-state index in [1.54, 1.807) is 31.4 Å². The zero-order valence-corrected chi connectivity index (χ0v) is 17.7. The Morgan fingerprint density at radius 2 is 1.83 bits per heavy atom. The van der Waals surface area contributed by atoms with Crippen LogP contribution in [0.4, 0.5) is 0 Å². The van der Waals surface area contributed by atoms with Gasteiger partial charge in [-0.3, -0.25) is 9.36 Å². The number of thiophene rings is 1. The van der Waals surface area contributed by atoms with Crippen molar-refractivity contribution in [2.45, 2.75) is 12.6 Å². The second-order valence-electron chi connectivity index (χ2n) is 6.68. The average Bonchev–Trinajstić information content (AvgIpc) is 3.20. The van der Waals surface area contributed by atoms with Crippen LogP contribution in [0.5, 0.6) is 11.5 Å². The monoisotopic (exact) mass is 442 g/mol. The van der Waals surface area contributed by atoms with Gasteiger partial charge in [-0.15, -0.1) is 11.3 Å². The Kier molecular flexibility index (Phi) is 6.03. The zero-order valence-electron chi connectivity index (χ0n) is 16.1. The number of aromatic nitrogens is 2. The minimum atomic E-state index is -0.874. The Labute approximate surface area is 181 Å². The van der Waals surface area contributed by atoms with E-state index in [1.807, 2.05) is 29.6 Å². The Bertz CT molecular complexity index is 1200. The number of benzene rings is 2. The summed E-state index contributed by atoms with van der Waals surface area (Å²) in [6.07, 6.45) is 0.588. The second-order valence-corrected chi connectivity index (χ2v) is 7.97. The van der Waals surface area contributed by atoms with Crippen LogP contribution in [-0.2, 0) is 6.54 Å². The lowest BCUT2D eigenvalue weighted by Gasteiger charge is -2.14. The maximum atomic E-state index is 13.1. The number of fused-ring (bicyclic) bond motifs is 1. The summed E-state index contributed by atoms with van der Waals surface area (Å²) in [5.74, 6) is 1.34. The summed E-state index contributed by atoms with van der Waals surface area (Å²) in [4.78, 5) is 18.1. The number of ether oxygens (including phenoxy) is 2. The molecule has 4 aromatic rings. The molecule has 0 saturated heterocycles. The summed E-state index contributed by atoms with van der Waals surface area (Å²) in [5, 5.41) is 13.4. The molecule has 0 spiro atoms. The molecule has 2 aromatic heterocycles. The number of rotatable bonds is 7. The predicted octanol–water partition coefficient (Wildman–Crippen LogP) is 4.23. The zero-order chi connectivity index (χ0) is 21.1. The molecule has 0 aliphatic rings. The van der Waals surface area contributed by atoms with Gasteiger partial charge in [-0.05, 0) is 42.0 Å². The Morgan fingerprint density at radius 3 is 2.53 bits per heavy atom. The van der Waals surface area contributed by atoms with E-state index in [1.165, 1.54) is 22.2 Å². The summed E-state index contributed by atoms with van der Waals surface area (Å²) >= 11 is 7.27. The van der Waals surface area contributed by atoms with Gasteiger partial charge in [0.1, 0.15) is 29.0 Å². The first-order valence-electron chi connectivity index (χ1n) is 9.22. The van der Waals surface area contributed by atoms with Crippen molar-refractivity contribution < 1.29 is 14.6 Å². The van der Waals surface area contributed by atoms with E-state index in [0.717, 1.165) is 16.9 Å². The number of aliphatic hydroxyl groups excluding tert-OH is 1. The van der Waals surface area contributed by atoms with Gasteiger partial charge in [0, 0.05) is 16.0 Å². The van der Waals surface area contributed by atoms with Gasteiger partial charge in [-0.2, -0.15) is 0 Å². The van der Waals surface area contributed by atoms with Crippen LogP contribution < -0.4 is 15.0 Å². The van der Waals surface area contributed by atoms with Crippen LogP contribution in [0, 0.1) is 0 Å². The van der Waals surface area contributed by atoms with Crippen molar-refractivity contribution in [1.29, 1.82) is 0 Å². The summed E-state index contributed by atoms with van der Waals surface area (Å²) in [5.41, 5.74) is 1.53. The first-order valence-corrected chi connectivity index (χ1v) is 10.5. The van der Waals surface area contributed by atoms with Gasteiger partial charge < -0.3 is 14.6 Å². The highest BCUT2D eigenvalue weighted by Crippen LogP contribution is 2.31. The van der Waals surface area contributed by atoms with E-state index in [2.05, 4.69) is 4.98 Å². The quantitative estimate of drug-likeness (QED) is 0.463. The van der Waals surface area contributed by atoms with Crippen molar-refractivity contribution >= 4 is 33.2 Å². The summed E-state index contributed by atoms with van der Waals surface area (Å²) in [7, 11) is 1.61. The molecule has 0 fully saturated rings. The second kappa shape index (κ2) is 8.87. The van der Waals surface area contributed by atoms with E-state index in [9.17, 15) is 9.90 Å². The molecule has 8 heteroatoms. The minimum absolute atomic E-state index is 0.0427. The minimum Gasteiger partial charge on any atom is -0.497 e. The van der Waals surface area contributed by atoms with E-state index >= 15 is 0 Å². The first kappa shape index (κ1) is 20.4. The summed E-state index contributed by atoms with van der Waals surface area (Å²) in [6.45, 7) is 0.119. The molecule has 1 atom stereocenters. The molecule has 2 heterocycles. The van der Waals surface area contributed by atoms with Crippen molar-refractivity contribution in [2.24, 2.45) is 0 Å². The topological polar surface area (TPSA) is 73.6 Å². The fraction of sp³-hybridized carbons (Fsp3) is 0.182. The number of hydrogen-bond donors (Lipinski definition) is 1. The molecule has 0 bridgehead atoms. The van der Waals surface area contributed by atoms with Crippen molar-refractivity contribution in [1.82, 2.24) is 9.55 Å². The Hall–Kier alpha value is -2.87. The molecule has 0 radical (unpaired) electrons. The first-order chi connectivity index (χ1) is 14.5. The van der Waals surface area contributed by atoms with Gasteiger partial charge in [-0.25, -0.2) is 4.98 Å². The fourth-order valence-corrected chi connectivity index (χ4v) is 4.12. The number of nitrogens with zero attached hydrogens (tertiary/aromatic N) is 2. The molecular weight excluding hydrogens is 424 g/mol. The van der Waals surface area contributed by atoms with Gasteiger partial charge >= 0.3 is 0 Å². The normalized spacial score (nSPS) is 12.1. The lowest BCUT2D eigenvalue weighted by molar-refractivity contribution is 0.0915. The number of hydrogen-bond acceptors (Lipinski definition) is 6. The van der Waals surface area contributed by atoms with Crippen LogP contribution in [0.25, 0.3) is 21.3 Å². The molecule has 1 N–H and O–H groups in total. The largest absolute Gasteiger partial charge is 0.497 e. The molecule has 0 saturated carbocycles. The van der Waals surface area contributed by atoms with E-state index in [4.69, 9.17) is 21.1 Å². The molecule has 0 aliphatic heterocycles. The van der Waals surface area contributed by atoms with Crippen LogP contribution in [0.1, 0.15) is 0 Å². The lowest BCUT2D eigenvalue weighted by atomic mass is 10.1. The van der Waals surface area contributed by atoms with E-state index in [0.29, 0.717) is 21.0 Å². The average molecular weight is 443 g/mol. The van der Waals surface area contributed by atoms with Gasteiger partial charge in [0.2, 0.25) is 0 Å². The Balaban J connectivity index is 1.55.